The van der Waals surface area contributed by atoms with E-state index in [2.05, 4.69) is 49.6 Å². The number of hydrogen-bond acceptors (Lipinski definition) is 1. The first kappa shape index (κ1) is 14.6. The molecule has 2 rings (SSSR count). The normalized spacial score (nSPS) is 27.4. The van der Waals surface area contributed by atoms with E-state index in [4.69, 9.17) is 0 Å². The summed E-state index contributed by atoms with van der Waals surface area (Å²) < 4.78 is 0. The van der Waals surface area contributed by atoms with Crippen molar-refractivity contribution in [3.05, 3.63) is 35.9 Å². The monoisotopic (exact) mass is 259 g/mol. The molecular weight excluding hydrogens is 230 g/mol. The third-order valence-electron chi connectivity index (χ3n) is 4.75. The number of nitrogens with one attached hydrogen (secondary N) is 1. The Balaban J connectivity index is 1.78. The van der Waals surface area contributed by atoms with Crippen molar-refractivity contribution >= 4 is 0 Å². The van der Waals surface area contributed by atoms with Crippen LogP contribution in [0.1, 0.15) is 44.6 Å². The van der Waals surface area contributed by atoms with Crippen LogP contribution in [0.25, 0.3) is 0 Å². The van der Waals surface area contributed by atoms with Crippen molar-refractivity contribution in [3.8, 4) is 0 Å². The number of aryl methyl sites for hydroxylation is 1. The summed E-state index contributed by atoms with van der Waals surface area (Å²) in [6, 6.07) is 10.9. The van der Waals surface area contributed by atoms with Crippen molar-refractivity contribution in [3.63, 3.8) is 0 Å². The first-order valence-corrected chi connectivity index (χ1v) is 7.98. The van der Waals surface area contributed by atoms with E-state index in [0.29, 0.717) is 0 Å². The largest absolute Gasteiger partial charge is 0.319 e. The van der Waals surface area contributed by atoms with Crippen molar-refractivity contribution < 1.29 is 0 Å². The molecule has 1 saturated carbocycles. The summed E-state index contributed by atoms with van der Waals surface area (Å²) in [6.07, 6.45) is 8.31. The molecule has 19 heavy (non-hydrogen) atoms. The van der Waals surface area contributed by atoms with Crippen LogP contribution in [0, 0.1) is 17.8 Å². The van der Waals surface area contributed by atoms with Gasteiger partial charge in [-0.15, -0.1) is 0 Å². The number of hydrogen-bond donors (Lipinski definition) is 1. The van der Waals surface area contributed by atoms with E-state index >= 15 is 0 Å². The third kappa shape index (κ3) is 4.65. The first-order valence-electron chi connectivity index (χ1n) is 7.98. The van der Waals surface area contributed by atoms with Crippen molar-refractivity contribution in [2.24, 2.45) is 17.8 Å². The SMILES string of the molecule is CNCC1CCC(C)CC1CCCc1ccccc1. The Morgan fingerprint density at radius 2 is 1.89 bits per heavy atom. The molecule has 3 unspecified atom stereocenters. The van der Waals surface area contributed by atoms with Gasteiger partial charge in [-0.2, -0.15) is 0 Å². The van der Waals surface area contributed by atoms with Crippen LogP contribution in [0.2, 0.25) is 0 Å². The molecule has 1 aromatic rings. The molecule has 1 nitrogen and oxygen atoms in total. The van der Waals surface area contributed by atoms with E-state index in [0.717, 1.165) is 17.8 Å². The lowest BCUT2D eigenvalue weighted by molar-refractivity contribution is 0.174. The summed E-state index contributed by atoms with van der Waals surface area (Å²) >= 11 is 0. The van der Waals surface area contributed by atoms with Gasteiger partial charge >= 0.3 is 0 Å². The Bertz CT molecular complexity index is 346. The summed E-state index contributed by atoms with van der Waals surface area (Å²) in [5.41, 5.74) is 1.50. The smallest absolute Gasteiger partial charge is 0.00209 e. The average molecular weight is 259 g/mol. The fraction of sp³-hybridized carbons (Fsp3) is 0.667. The van der Waals surface area contributed by atoms with E-state index < -0.39 is 0 Å². The van der Waals surface area contributed by atoms with E-state index in [9.17, 15) is 0 Å². The molecule has 1 heteroatoms. The lowest BCUT2D eigenvalue weighted by Gasteiger charge is -2.35. The zero-order valence-electron chi connectivity index (χ0n) is 12.6. The van der Waals surface area contributed by atoms with Crippen molar-refractivity contribution in [1.82, 2.24) is 5.32 Å². The van der Waals surface area contributed by atoms with Gasteiger partial charge < -0.3 is 5.32 Å². The fourth-order valence-corrected chi connectivity index (χ4v) is 3.66. The molecular formula is C18H29N. The van der Waals surface area contributed by atoms with Gasteiger partial charge in [-0.1, -0.05) is 43.7 Å². The summed E-state index contributed by atoms with van der Waals surface area (Å²) in [6.45, 7) is 3.64. The topological polar surface area (TPSA) is 12.0 Å². The first-order chi connectivity index (χ1) is 9.29. The molecule has 1 N–H and O–H groups in total. The van der Waals surface area contributed by atoms with E-state index in [1.54, 1.807) is 0 Å². The minimum Gasteiger partial charge on any atom is -0.319 e. The van der Waals surface area contributed by atoms with Crippen molar-refractivity contribution in [1.29, 1.82) is 0 Å². The van der Waals surface area contributed by atoms with Gasteiger partial charge in [0.15, 0.2) is 0 Å². The van der Waals surface area contributed by atoms with Crippen LogP contribution in [-0.2, 0) is 6.42 Å². The van der Waals surface area contributed by atoms with Crippen LogP contribution in [0.4, 0.5) is 0 Å². The van der Waals surface area contributed by atoms with Gasteiger partial charge in [-0.3, -0.25) is 0 Å². The van der Waals surface area contributed by atoms with Gasteiger partial charge in [0.05, 0.1) is 0 Å². The van der Waals surface area contributed by atoms with Crippen LogP contribution in [0.15, 0.2) is 30.3 Å². The van der Waals surface area contributed by atoms with Crippen LogP contribution < -0.4 is 5.32 Å². The molecule has 0 heterocycles. The van der Waals surface area contributed by atoms with E-state index in [1.165, 1.54) is 50.6 Å². The highest BCUT2D eigenvalue weighted by molar-refractivity contribution is 5.14. The van der Waals surface area contributed by atoms with Crippen LogP contribution >= 0.6 is 0 Å². The van der Waals surface area contributed by atoms with Gasteiger partial charge in [0.2, 0.25) is 0 Å². The summed E-state index contributed by atoms with van der Waals surface area (Å²) in [5, 5.41) is 3.39. The molecule has 1 aliphatic carbocycles. The highest BCUT2D eigenvalue weighted by atomic mass is 14.8. The van der Waals surface area contributed by atoms with Gasteiger partial charge in [-0.25, -0.2) is 0 Å². The maximum Gasteiger partial charge on any atom is -0.00209 e. The highest BCUT2D eigenvalue weighted by Gasteiger charge is 2.27. The molecule has 3 atom stereocenters. The Labute approximate surface area is 118 Å². The predicted molar refractivity (Wildman–Crippen MR) is 83.3 cm³/mol. The third-order valence-corrected chi connectivity index (χ3v) is 4.75. The summed E-state index contributed by atoms with van der Waals surface area (Å²) in [5.74, 6) is 2.80. The minimum absolute atomic E-state index is 0.914. The lowest BCUT2D eigenvalue weighted by Crippen LogP contribution is -2.31. The highest BCUT2D eigenvalue weighted by Crippen LogP contribution is 2.36. The summed E-state index contributed by atoms with van der Waals surface area (Å²) in [4.78, 5) is 0. The van der Waals surface area contributed by atoms with Gasteiger partial charge in [0.25, 0.3) is 0 Å². The van der Waals surface area contributed by atoms with Crippen LogP contribution in [-0.4, -0.2) is 13.6 Å². The van der Waals surface area contributed by atoms with Crippen LogP contribution in [0.5, 0.6) is 0 Å². The second kappa shape index (κ2) is 7.69. The zero-order chi connectivity index (χ0) is 13.5. The molecule has 0 radical (unpaired) electrons. The second-order valence-corrected chi connectivity index (χ2v) is 6.37. The van der Waals surface area contributed by atoms with Gasteiger partial charge in [0.1, 0.15) is 0 Å². The van der Waals surface area contributed by atoms with E-state index in [-0.39, 0.29) is 0 Å². The molecule has 0 aliphatic heterocycles. The Morgan fingerprint density at radius 3 is 2.63 bits per heavy atom. The Kier molecular flexibility index (Phi) is 5.91. The molecule has 1 fully saturated rings. The van der Waals surface area contributed by atoms with Crippen LogP contribution in [0.3, 0.4) is 0 Å². The quantitative estimate of drug-likeness (QED) is 0.804. The van der Waals surface area contributed by atoms with Gasteiger partial charge in [-0.05, 0) is 69.0 Å². The van der Waals surface area contributed by atoms with Crippen molar-refractivity contribution in [2.75, 3.05) is 13.6 Å². The maximum absolute atomic E-state index is 3.39. The van der Waals surface area contributed by atoms with Crippen molar-refractivity contribution in [2.45, 2.75) is 45.4 Å². The molecule has 106 valence electrons. The zero-order valence-corrected chi connectivity index (χ0v) is 12.6. The molecule has 0 amide bonds. The molecule has 0 saturated heterocycles. The molecule has 0 spiro atoms. The lowest BCUT2D eigenvalue weighted by atomic mass is 9.72. The minimum atomic E-state index is 0.914. The van der Waals surface area contributed by atoms with Gasteiger partial charge in [0, 0.05) is 0 Å². The molecule has 0 aromatic heterocycles. The Hall–Kier alpha value is -0.820. The second-order valence-electron chi connectivity index (χ2n) is 6.37. The average Bonchev–Trinajstić information content (AvgIpc) is 2.43. The maximum atomic E-state index is 3.39. The Morgan fingerprint density at radius 1 is 1.11 bits per heavy atom. The summed E-state index contributed by atoms with van der Waals surface area (Å²) in [7, 11) is 2.10. The predicted octanol–water partition coefficient (Wildman–Crippen LogP) is 4.28. The number of rotatable bonds is 6. The van der Waals surface area contributed by atoms with E-state index in [1.807, 2.05) is 0 Å². The standard InChI is InChI=1S/C18H29N/c1-15-11-12-18(14-19-2)17(13-15)10-6-9-16-7-4-3-5-8-16/h3-5,7-8,15,17-19H,6,9-14H2,1-2H3. The number of benzene rings is 1. The molecule has 0 bridgehead atoms. The molecule has 1 aliphatic rings. The fourth-order valence-electron chi connectivity index (χ4n) is 3.66. The molecule has 1 aromatic carbocycles.